The molecule has 1 aliphatic heterocycles. The second-order valence-corrected chi connectivity index (χ2v) is 6.86. The van der Waals surface area contributed by atoms with Gasteiger partial charge in [0.1, 0.15) is 29.3 Å². The first-order valence-electron chi connectivity index (χ1n) is 8.66. The average Bonchev–Trinajstić information content (AvgIpc) is 2.65. The summed E-state index contributed by atoms with van der Waals surface area (Å²) in [5.41, 5.74) is 0.502. The third-order valence-corrected chi connectivity index (χ3v) is 4.36. The molecule has 1 heterocycles. The van der Waals surface area contributed by atoms with Gasteiger partial charge in [-0.3, -0.25) is 0 Å². The van der Waals surface area contributed by atoms with E-state index in [1.54, 1.807) is 24.3 Å². The highest BCUT2D eigenvalue weighted by Crippen LogP contribution is 2.42. The molecule has 0 aromatic heterocycles. The number of aliphatic hydroxyl groups is 2. The van der Waals surface area contributed by atoms with Gasteiger partial charge in [0.2, 0.25) is 0 Å². The molecular formula is C21H22O7. The van der Waals surface area contributed by atoms with Crippen molar-refractivity contribution in [2.75, 3.05) is 13.7 Å². The number of cyclic esters (lactones) is 1. The van der Waals surface area contributed by atoms with Crippen molar-refractivity contribution in [2.24, 2.45) is 0 Å². The molecule has 0 saturated carbocycles. The minimum Gasteiger partial charge on any atom is -0.504 e. The lowest BCUT2D eigenvalue weighted by atomic mass is 10.0. The lowest BCUT2D eigenvalue weighted by molar-refractivity contribution is 0.0442. The predicted molar refractivity (Wildman–Crippen MR) is 102 cm³/mol. The van der Waals surface area contributed by atoms with Crippen molar-refractivity contribution in [2.45, 2.75) is 26.1 Å². The Morgan fingerprint density at radius 2 is 2.07 bits per heavy atom. The third kappa shape index (κ3) is 3.81. The molecule has 2 aromatic carbocycles. The second-order valence-electron chi connectivity index (χ2n) is 6.86. The van der Waals surface area contributed by atoms with Crippen LogP contribution >= 0.6 is 0 Å². The van der Waals surface area contributed by atoms with Crippen LogP contribution in [-0.4, -0.2) is 40.6 Å². The van der Waals surface area contributed by atoms with Gasteiger partial charge in [-0.15, -0.1) is 0 Å². The fraction of sp³-hybridized carbons (Fsp3) is 0.286. The molecule has 0 bridgehead atoms. The maximum atomic E-state index is 12.7. The second kappa shape index (κ2) is 7.53. The van der Waals surface area contributed by atoms with Crippen LogP contribution in [0.15, 0.2) is 30.3 Å². The van der Waals surface area contributed by atoms with Gasteiger partial charge < -0.3 is 29.5 Å². The van der Waals surface area contributed by atoms with Crippen molar-refractivity contribution >= 4 is 12.0 Å². The summed E-state index contributed by atoms with van der Waals surface area (Å²) >= 11 is 0. The monoisotopic (exact) mass is 386 g/mol. The van der Waals surface area contributed by atoms with Gasteiger partial charge in [-0.05, 0) is 43.7 Å². The largest absolute Gasteiger partial charge is 0.504 e. The maximum absolute atomic E-state index is 12.7. The highest BCUT2D eigenvalue weighted by molar-refractivity contribution is 5.97. The molecule has 0 fully saturated rings. The van der Waals surface area contributed by atoms with Crippen molar-refractivity contribution < 1.29 is 34.3 Å². The first-order valence-corrected chi connectivity index (χ1v) is 8.66. The van der Waals surface area contributed by atoms with Crippen molar-refractivity contribution in [3.63, 3.8) is 0 Å². The topological polar surface area (TPSA) is 105 Å². The van der Waals surface area contributed by atoms with Gasteiger partial charge in [-0.2, -0.15) is 0 Å². The highest BCUT2D eigenvalue weighted by Gasteiger charge is 2.28. The average molecular weight is 386 g/mol. The Labute approximate surface area is 162 Å². The molecule has 3 rings (SSSR count). The Kier molecular flexibility index (Phi) is 5.31. The quantitative estimate of drug-likeness (QED) is 0.694. The van der Waals surface area contributed by atoms with Crippen molar-refractivity contribution in [1.82, 2.24) is 0 Å². The van der Waals surface area contributed by atoms with E-state index in [4.69, 9.17) is 14.2 Å². The normalized spacial score (nSPS) is 15.5. The van der Waals surface area contributed by atoms with Crippen LogP contribution in [-0.2, 0) is 11.3 Å². The van der Waals surface area contributed by atoms with Crippen LogP contribution in [0.4, 0.5) is 0 Å². The molecule has 28 heavy (non-hydrogen) atoms. The number of carbonyl (C=O) groups excluding carboxylic acids is 1. The molecule has 1 aliphatic rings. The Hall–Kier alpha value is -3.03. The molecule has 0 radical (unpaired) electrons. The maximum Gasteiger partial charge on any atom is 0.346 e. The van der Waals surface area contributed by atoms with E-state index in [0.717, 1.165) is 5.56 Å². The number of benzene rings is 2. The molecule has 1 atom stereocenters. The van der Waals surface area contributed by atoms with Gasteiger partial charge in [0.15, 0.2) is 11.5 Å². The summed E-state index contributed by atoms with van der Waals surface area (Å²) in [6.07, 6.45) is 2.94. The predicted octanol–water partition coefficient (Wildman–Crippen LogP) is 2.93. The molecule has 0 amide bonds. The molecule has 0 aliphatic carbocycles. The number of ether oxygens (including phenoxy) is 3. The van der Waals surface area contributed by atoms with Gasteiger partial charge in [0, 0.05) is 11.1 Å². The summed E-state index contributed by atoms with van der Waals surface area (Å²) in [5, 5.41) is 29.4. The number of aryl methyl sites for hydroxylation is 1. The fourth-order valence-electron chi connectivity index (χ4n) is 2.91. The molecule has 0 unspecified atom stereocenters. The Balaban J connectivity index is 2.12. The number of hydrogen-bond acceptors (Lipinski definition) is 7. The van der Waals surface area contributed by atoms with Crippen LogP contribution < -0.4 is 9.47 Å². The first kappa shape index (κ1) is 19.7. The standard InChI is InChI=1S/C21H22O7/c1-12-8-14-10-27-20(24)17-16(28-18(14)15(23)9-12)5-4-13(19(17)26-3)6-7-21(2,25)11-22/h4-9,22-23,25H,10-11H2,1-3H3/b7-6+/t21-/m1/s1. The number of esters is 1. The summed E-state index contributed by atoms with van der Waals surface area (Å²) in [4.78, 5) is 12.7. The van der Waals surface area contributed by atoms with Crippen molar-refractivity contribution in [3.05, 3.63) is 52.6 Å². The number of carbonyl (C=O) groups is 1. The van der Waals surface area contributed by atoms with E-state index in [1.807, 2.05) is 6.92 Å². The number of rotatable bonds is 4. The van der Waals surface area contributed by atoms with E-state index in [0.29, 0.717) is 11.1 Å². The molecule has 3 N–H and O–H groups in total. The SMILES string of the molecule is COc1c(/C=C/[C@@](C)(O)CO)ccc2c1C(=O)OCc1cc(C)cc(O)c1O2. The van der Waals surface area contributed by atoms with Crippen LogP contribution in [0.5, 0.6) is 23.0 Å². The van der Waals surface area contributed by atoms with Crippen molar-refractivity contribution in [3.8, 4) is 23.0 Å². The van der Waals surface area contributed by atoms with E-state index < -0.39 is 18.2 Å². The Bertz CT molecular complexity index is 944. The van der Waals surface area contributed by atoms with Crippen molar-refractivity contribution in [1.29, 1.82) is 0 Å². The summed E-state index contributed by atoms with van der Waals surface area (Å²) < 4.78 is 16.7. The van der Waals surface area contributed by atoms with Gasteiger partial charge >= 0.3 is 5.97 Å². The van der Waals surface area contributed by atoms with Gasteiger partial charge in [0.25, 0.3) is 0 Å². The molecule has 7 heteroatoms. The number of methoxy groups -OCH3 is 1. The molecule has 148 valence electrons. The molecule has 0 saturated heterocycles. The minimum atomic E-state index is -1.42. The van der Waals surface area contributed by atoms with E-state index in [-0.39, 0.29) is 35.2 Å². The first-order chi connectivity index (χ1) is 13.3. The zero-order valence-corrected chi connectivity index (χ0v) is 15.9. The van der Waals surface area contributed by atoms with Crippen LogP contribution in [0.1, 0.15) is 34.0 Å². The third-order valence-electron chi connectivity index (χ3n) is 4.36. The van der Waals surface area contributed by atoms with Crippen LogP contribution in [0, 0.1) is 6.92 Å². The van der Waals surface area contributed by atoms with Crippen LogP contribution in [0.25, 0.3) is 6.08 Å². The zero-order chi connectivity index (χ0) is 20.5. The Morgan fingerprint density at radius 1 is 1.32 bits per heavy atom. The minimum absolute atomic E-state index is 0.0548. The van der Waals surface area contributed by atoms with Gasteiger partial charge in [0.05, 0.1) is 13.7 Å². The van der Waals surface area contributed by atoms with E-state index in [1.165, 1.54) is 26.2 Å². The molecule has 0 spiro atoms. The van der Waals surface area contributed by atoms with Gasteiger partial charge in [-0.25, -0.2) is 4.79 Å². The summed E-state index contributed by atoms with van der Waals surface area (Å²) in [7, 11) is 1.40. The molecule has 7 nitrogen and oxygen atoms in total. The number of hydrogen-bond donors (Lipinski definition) is 3. The lowest BCUT2D eigenvalue weighted by Gasteiger charge is -2.21. The van der Waals surface area contributed by atoms with E-state index in [9.17, 15) is 20.1 Å². The highest BCUT2D eigenvalue weighted by atomic mass is 16.5. The smallest absolute Gasteiger partial charge is 0.346 e. The summed E-state index contributed by atoms with van der Waals surface area (Å²) in [6, 6.07) is 6.54. The number of aliphatic hydroxyl groups excluding tert-OH is 1. The number of aromatic hydroxyl groups is 1. The molecule has 2 aromatic rings. The number of phenols is 1. The van der Waals surface area contributed by atoms with E-state index >= 15 is 0 Å². The lowest BCUT2D eigenvalue weighted by Crippen LogP contribution is -2.25. The fourth-order valence-corrected chi connectivity index (χ4v) is 2.91. The van der Waals surface area contributed by atoms with Gasteiger partial charge in [-0.1, -0.05) is 12.2 Å². The zero-order valence-electron chi connectivity index (χ0n) is 15.9. The Morgan fingerprint density at radius 3 is 2.75 bits per heavy atom. The van der Waals surface area contributed by atoms with Crippen LogP contribution in [0.2, 0.25) is 0 Å². The van der Waals surface area contributed by atoms with Crippen LogP contribution in [0.3, 0.4) is 0 Å². The number of fused-ring (bicyclic) bond motifs is 2. The summed E-state index contributed by atoms with van der Waals surface area (Å²) in [6.45, 7) is 2.74. The summed E-state index contributed by atoms with van der Waals surface area (Å²) in [5.74, 6) is -0.105. The molecular weight excluding hydrogens is 364 g/mol. The number of phenolic OH excluding ortho intramolecular Hbond substituents is 1. The van der Waals surface area contributed by atoms with E-state index in [2.05, 4.69) is 0 Å².